The molecule has 7 nitrogen and oxygen atoms in total. The summed E-state index contributed by atoms with van der Waals surface area (Å²) >= 11 is 0. The third-order valence-electron chi connectivity index (χ3n) is 4.93. The Morgan fingerprint density at radius 1 is 1.29 bits per heavy atom. The fourth-order valence-corrected chi connectivity index (χ4v) is 3.41. The molecule has 4 rings (SSSR count). The van der Waals surface area contributed by atoms with Gasteiger partial charge in [-0.3, -0.25) is 19.1 Å². The summed E-state index contributed by atoms with van der Waals surface area (Å²) in [6.45, 7) is 4.31. The van der Waals surface area contributed by atoms with Gasteiger partial charge in [-0.2, -0.15) is 0 Å². The van der Waals surface area contributed by atoms with Crippen molar-refractivity contribution >= 4 is 22.6 Å². The van der Waals surface area contributed by atoms with Crippen LogP contribution in [0, 0.1) is 6.92 Å². The molecule has 1 fully saturated rings. The average Bonchev–Trinajstić information content (AvgIpc) is 3.49. The number of rotatable bonds is 5. The first kappa shape index (κ1) is 18.2. The van der Waals surface area contributed by atoms with Gasteiger partial charge in [-0.15, -0.1) is 0 Å². The van der Waals surface area contributed by atoms with E-state index in [9.17, 15) is 14.4 Å². The SMILES string of the molecule is CCCn1c(=O)[nH]c(=O)c2c(C(=O)Nc3cccc(C)c3)cc(C3CC3)nc21. The zero-order valence-electron chi connectivity index (χ0n) is 15.9. The minimum atomic E-state index is -0.586. The van der Waals surface area contributed by atoms with Gasteiger partial charge in [-0.25, -0.2) is 9.78 Å². The predicted molar refractivity (Wildman–Crippen MR) is 108 cm³/mol. The number of H-pyrrole nitrogens is 1. The molecule has 0 unspecified atom stereocenters. The van der Waals surface area contributed by atoms with Crippen molar-refractivity contribution in [1.29, 1.82) is 0 Å². The van der Waals surface area contributed by atoms with Gasteiger partial charge in [0.1, 0.15) is 0 Å². The fourth-order valence-electron chi connectivity index (χ4n) is 3.41. The standard InChI is InChI=1S/C21H22N4O3/c1-3-9-25-18-17(20(27)24-21(25)28)15(11-16(23-18)13-7-8-13)19(26)22-14-6-4-5-12(2)10-14/h4-6,10-11,13H,3,7-9H2,1-2H3,(H,22,26)(H,24,27,28). The molecule has 144 valence electrons. The molecular weight excluding hydrogens is 356 g/mol. The van der Waals surface area contributed by atoms with E-state index in [1.54, 1.807) is 12.1 Å². The first-order chi connectivity index (χ1) is 13.5. The van der Waals surface area contributed by atoms with Gasteiger partial charge in [0.15, 0.2) is 5.65 Å². The van der Waals surface area contributed by atoms with Crippen LogP contribution in [0.4, 0.5) is 5.69 Å². The van der Waals surface area contributed by atoms with Crippen LogP contribution in [-0.4, -0.2) is 20.4 Å². The van der Waals surface area contributed by atoms with Crippen molar-refractivity contribution < 1.29 is 4.79 Å². The highest BCUT2D eigenvalue weighted by atomic mass is 16.2. The number of benzene rings is 1. The van der Waals surface area contributed by atoms with E-state index >= 15 is 0 Å². The van der Waals surface area contributed by atoms with Gasteiger partial charge < -0.3 is 5.32 Å². The topological polar surface area (TPSA) is 96.9 Å². The lowest BCUT2D eigenvalue weighted by molar-refractivity contribution is 0.102. The number of fused-ring (bicyclic) bond motifs is 1. The van der Waals surface area contributed by atoms with Crippen LogP contribution in [0.3, 0.4) is 0 Å². The first-order valence-electron chi connectivity index (χ1n) is 9.53. The number of hydrogen-bond donors (Lipinski definition) is 2. The maximum absolute atomic E-state index is 13.1. The Bertz CT molecular complexity index is 1190. The molecule has 1 aliphatic rings. The number of pyridine rings is 1. The highest BCUT2D eigenvalue weighted by molar-refractivity contribution is 6.11. The van der Waals surface area contributed by atoms with E-state index in [2.05, 4.69) is 15.3 Å². The highest BCUT2D eigenvalue weighted by Gasteiger charge is 2.28. The second kappa shape index (κ2) is 7.07. The van der Waals surface area contributed by atoms with Crippen molar-refractivity contribution in [3.63, 3.8) is 0 Å². The summed E-state index contributed by atoms with van der Waals surface area (Å²) in [6, 6.07) is 9.16. The number of aryl methyl sites for hydroxylation is 2. The number of anilines is 1. The zero-order valence-corrected chi connectivity index (χ0v) is 15.9. The summed E-state index contributed by atoms with van der Waals surface area (Å²) in [6.07, 6.45) is 2.71. The van der Waals surface area contributed by atoms with E-state index in [0.717, 1.165) is 24.1 Å². The van der Waals surface area contributed by atoms with Crippen LogP contribution < -0.4 is 16.6 Å². The smallest absolute Gasteiger partial charge is 0.322 e. The summed E-state index contributed by atoms with van der Waals surface area (Å²) in [5, 5.41) is 3.02. The number of aromatic amines is 1. The molecule has 0 saturated heterocycles. The van der Waals surface area contributed by atoms with Gasteiger partial charge in [-0.05, 0) is 49.9 Å². The quantitative estimate of drug-likeness (QED) is 0.713. The Balaban J connectivity index is 1.91. The maximum Gasteiger partial charge on any atom is 0.329 e. The Morgan fingerprint density at radius 2 is 2.07 bits per heavy atom. The number of nitrogens with one attached hydrogen (secondary N) is 2. The average molecular weight is 378 g/mol. The van der Waals surface area contributed by atoms with Crippen molar-refractivity contribution in [3.8, 4) is 0 Å². The minimum Gasteiger partial charge on any atom is -0.322 e. The lowest BCUT2D eigenvalue weighted by atomic mass is 10.1. The number of carbonyl (C=O) groups is 1. The number of hydrogen-bond acceptors (Lipinski definition) is 4. The van der Waals surface area contributed by atoms with E-state index in [1.807, 2.05) is 32.0 Å². The molecule has 1 amide bonds. The molecule has 0 spiro atoms. The molecule has 1 aliphatic carbocycles. The summed E-state index contributed by atoms with van der Waals surface area (Å²) in [7, 11) is 0. The molecule has 2 aromatic heterocycles. The van der Waals surface area contributed by atoms with Gasteiger partial charge in [0.05, 0.1) is 10.9 Å². The van der Waals surface area contributed by atoms with Crippen LogP contribution >= 0.6 is 0 Å². The Kier molecular flexibility index (Phi) is 4.58. The molecule has 0 aliphatic heterocycles. The molecule has 3 aromatic rings. The van der Waals surface area contributed by atoms with E-state index in [0.29, 0.717) is 18.7 Å². The van der Waals surface area contributed by atoms with E-state index < -0.39 is 11.2 Å². The molecule has 1 aromatic carbocycles. The van der Waals surface area contributed by atoms with E-state index in [4.69, 9.17) is 0 Å². The van der Waals surface area contributed by atoms with Crippen molar-refractivity contribution in [2.24, 2.45) is 0 Å². The second-order valence-electron chi connectivity index (χ2n) is 7.30. The van der Waals surface area contributed by atoms with Crippen LogP contribution in [0.25, 0.3) is 11.0 Å². The van der Waals surface area contributed by atoms with Crippen LogP contribution in [0.2, 0.25) is 0 Å². The van der Waals surface area contributed by atoms with Gasteiger partial charge in [0.2, 0.25) is 0 Å². The highest BCUT2D eigenvalue weighted by Crippen LogP contribution is 2.40. The van der Waals surface area contributed by atoms with Crippen molar-refractivity contribution in [2.45, 2.75) is 45.6 Å². The van der Waals surface area contributed by atoms with E-state index in [-0.39, 0.29) is 28.4 Å². The third kappa shape index (κ3) is 3.35. The summed E-state index contributed by atoms with van der Waals surface area (Å²) in [5.74, 6) is -0.105. The molecule has 2 heterocycles. The zero-order chi connectivity index (χ0) is 19.8. The predicted octanol–water partition coefficient (Wildman–Crippen LogP) is 2.93. The van der Waals surface area contributed by atoms with Crippen molar-refractivity contribution in [3.05, 3.63) is 68.0 Å². The molecule has 0 atom stereocenters. The minimum absolute atomic E-state index is 0.155. The van der Waals surface area contributed by atoms with Crippen molar-refractivity contribution in [2.75, 3.05) is 5.32 Å². The van der Waals surface area contributed by atoms with Crippen molar-refractivity contribution in [1.82, 2.24) is 14.5 Å². The Morgan fingerprint density at radius 3 is 2.75 bits per heavy atom. The van der Waals surface area contributed by atoms with Crippen LogP contribution in [0.5, 0.6) is 0 Å². The Hall–Kier alpha value is -3.22. The summed E-state index contributed by atoms with van der Waals surface area (Å²) in [5.41, 5.74) is 1.89. The summed E-state index contributed by atoms with van der Waals surface area (Å²) < 4.78 is 1.45. The molecule has 28 heavy (non-hydrogen) atoms. The lowest BCUT2D eigenvalue weighted by Crippen LogP contribution is -2.32. The first-order valence-corrected chi connectivity index (χ1v) is 9.53. The second-order valence-corrected chi connectivity index (χ2v) is 7.30. The molecule has 7 heteroatoms. The largest absolute Gasteiger partial charge is 0.329 e. The summed E-state index contributed by atoms with van der Waals surface area (Å²) in [4.78, 5) is 44.9. The molecule has 0 bridgehead atoms. The van der Waals surface area contributed by atoms with Gasteiger partial charge >= 0.3 is 5.69 Å². The number of nitrogens with zero attached hydrogens (tertiary/aromatic N) is 2. The molecule has 1 saturated carbocycles. The monoisotopic (exact) mass is 378 g/mol. The lowest BCUT2D eigenvalue weighted by Gasteiger charge is -2.13. The van der Waals surface area contributed by atoms with Crippen LogP contribution in [0.15, 0.2) is 39.9 Å². The fraction of sp³-hybridized carbons (Fsp3) is 0.333. The molecule has 0 radical (unpaired) electrons. The molecule has 2 N–H and O–H groups in total. The van der Waals surface area contributed by atoms with Gasteiger partial charge in [0.25, 0.3) is 11.5 Å². The molecular formula is C21H22N4O3. The number of amides is 1. The van der Waals surface area contributed by atoms with Crippen LogP contribution in [0.1, 0.15) is 53.7 Å². The van der Waals surface area contributed by atoms with Crippen LogP contribution in [-0.2, 0) is 6.54 Å². The maximum atomic E-state index is 13.1. The third-order valence-corrected chi connectivity index (χ3v) is 4.93. The van der Waals surface area contributed by atoms with Gasteiger partial charge in [-0.1, -0.05) is 19.1 Å². The number of aromatic nitrogens is 3. The number of carbonyl (C=O) groups excluding carboxylic acids is 1. The normalized spacial score (nSPS) is 13.6. The van der Waals surface area contributed by atoms with E-state index in [1.165, 1.54) is 4.57 Å². The Labute approximate surface area is 161 Å². The van der Waals surface area contributed by atoms with Gasteiger partial charge in [0, 0.05) is 23.8 Å².